The Morgan fingerprint density at radius 3 is 0.897 bits per heavy atom. The minimum Gasteiger partial charge on any atom is -0.192 e. The number of hydrogen-bond acceptors (Lipinski definition) is 2. The molecule has 0 amide bonds. The molecule has 266 valence electrons. The van der Waals surface area contributed by atoms with Crippen LogP contribution in [0.4, 0.5) is 0 Å². The standard InChI is InChI=1S/C56H32N2/c57-33-35-27-52(40-13-9-11-36(29-40)38-23-25-50-46-19-3-1-15-42(46)44-17-5-7-21-48(44)54(50)31-38)56(34-58)53(28-35)41-14-10-12-37(30-41)39-24-26-51-47-20-4-2-16-43(47)45-18-6-8-22-49(45)55(51)32-39/h1-32H. The summed E-state index contributed by atoms with van der Waals surface area (Å²) in [4.78, 5) is 0. The van der Waals surface area contributed by atoms with Gasteiger partial charge in [-0.1, -0.05) is 158 Å². The Morgan fingerprint density at radius 1 is 0.241 bits per heavy atom. The second kappa shape index (κ2) is 13.3. The zero-order valence-corrected chi connectivity index (χ0v) is 31.4. The first kappa shape index (κ1) is 33.3. The molecule has 0 saturated heterocycles. The van der Waals surface area contributed by atoms with Crippen molar-refractivity contribution >= 4 is 64.6 Å². The van der Waals surface area contributed by atoms with Crippen LogP contribution >= 0.6 is 0 Å². The zero-order valence-electron chi connectivity index (χ0n) is 31.4. The number of hydrogen-bond donors (Lipinski definition) is 0. The molecule has 0 aliphatic carbocycles. The minimum atomic E-state index is 0.507. The quantitative estimate of drug-likeness (QED) is 0.169. The van der Waals surface area contributed by atoms with Gasteiger partial charge in [-0.15, -0.1) is 0 Å². The Hall–Kier alpha value is -8.04. The number of rotatable bonds is 4. The predicted octanol–water partition coefficient (Wildman–Crippen LogP) is 15.0. The molecule has 0 bridgehead atoms. The molecule has 58 heavy (non-hydrogen) atoms. The van der Waals surface area contributed by atoms with E-state index in [1.807, 2.05) is 36.4 Å². The molecule has 11 rings (SSSR count). The van der Waals surface area contributed by atoms with Crippen molar-refractivity contribution in [1.82, 2.24) is 0 Å². The van der Waals surface area contributed by atoms with Gasteiger partial charge >= 0.3 is 0 Å². The lowest BCUT2D eigenvalue weighted by Gasteiger charge is -2.15. The fourth-order valence-electron chi connectivity index (χ4n) is 9.19. The molecule has 0 radical (unpaired) electrons. The van der Waals surface area contributed by atoms with Gasteiger partial charge in [-0.3, -0.25) is 0 Å². The van der Waals surface area contributed by atoms with Gasteiger partial charge in [0.1, 0.15) is 6.07 Å². The molecular weight excluding hydrogens is 701 g/mol. The van der Waals surface area contributed by atoms with E-state index in [-0.39, 0.29) is 0 Å². The summed E-state index contributed by atoms with van der Waals surface area (Å²) in [6.45, 7) is 0. The van der Waals surface area contributed by atoms with E-state index in [0.717, 1.165) is 44.5 Å². The number of benzene rings is 11. The van der Waals surface area contributed by atoms with Crippen LogP contribution in [-0.4, -0.2) is 0 Å². The lowest BCUT2D eigenvalue weighted by Crippen LogP contribution is -1.94. The highest BCUT2D eigenvalue weighted by molar-refractivity contribution is 6.27. The van der Waals surface area contributed by atoms with Crippen molar-refractivity contribution in [3.05, 3.63) is 205 Å². The van der Waals surface area contributed by atoms with E-state index < -0.39 is 0 Å². The molecule has 2 heteroatoms. The molecule has 0 aromatic heterocycles. The first-order valence-corrected chi connectivity index (χ1v) is 19.5. The average Bonchev–Trinajstić information content (AvgIpc) is 3.31. The highest BCUT2D eigenvalue weighted by Crippen LogP contribution is 2.41. The van der Waals surface area contributed by atoms with Crippen molar-refractivity contribution in [2.24, 2.45) is 0 Å². The van der Waals surface area contributed by atoms with Gasteiger partial charge < -0.3 is 0 Å². The van der Waals surface area contributed by atoms with Crippen molar-refractivity contribution in [2.45, 2.75) is 0 Å². The van der Waals surface area contributed by atoms with Crippen LogP contribution in [0.2, 0.25) is 0 Å². The maximum absolute atomic E-state index is 10.8. The van der Waals surface area contributed by atoms with Gasteiger partial charge in [0.2, 0.25) is 0 Å². The maximum atomic E-state index is 10.8. The van der Waals surface area contributed by atoms with E-state index in [9.17, 15) is 10.5 Å². The Labute approximate surface area is 335 Å². The third-order valence-electron chi connectivity index (χ3n) is 11.9. The number of nitriles is 2. The van der Waals surface area contributed by atoms with Gasteiger partial charge in [-0.25, -0.2) is 0 Å². The summed E-state index contributed by atoms with van der Waals surface area (Å²) in [6, 6.07) is 73.2. The number of fused-ring (bicyclic) bond motifs is 12. The van der Waals surface area contributed by atoms with Crippen molar-refractivity contribution in [3.8, 4) is 56.6 Å². The third kappa shape index (κ3) is 5.25. The van der Waals surface area contributed by atoms with Gasteiger partial charge in [0.25, 0.3) is 0 Å². The molecule has 0 aliphatic rings. The largest absolute Gasteiger partial charge is 0.192 e. The van der Waals surface area contributed by atoms with E-state index in [1.165, 1.54) is 64.6 Å². The van der Waals surface area contributed by atoms with Gasteiger partial charge in [0, 0.05) is 11.1 Å². The summed E-state index contributed by atoms with van der Waals surface area (Å²) >= 11 is 0. The van der Waals surface area contributed by atoms with E-state index in [2.05, 4.69) is 170 Å². The highest BCUT2D eigenvalue weighted by atomic mass is 14.3. The molecule has 0 heterocycles. The normalized spacial score (nSPS) is 11.4. The topological polar surface area (TPSA) is 47.6 Å². The molecule has 11 aromatic rings. The van der Waals surface area contributed by atoms with Crippen LogP contribution in [0.5, 0.6) is 0 Å². The van der Waals surface area contributed by atoms with Crippen LogP contribution in [-0.2, 0) is 0 Å². The average molecular weight is 733 g/mol. The van der Waals surface area contributed by atoms with Crippen LogP contribution < -0.4 is 0 Å². The van der Waals surface area contributed by atoms with Crippen molar-refractivity contribution in [1.29, 1.82) is 10.5 Å². The second-order valence-electron chi connectivity index (χ2n) is 15.0. The molecule has 11 aromatic carbocycles. The Bertz CT molecular complexity index is 3300. The monoisotopic (exact) mass is 732 g/mol. The van der Waals surface area contributed by atoms with Crippen LogP contribution in [0.3, 0.4) is 0 Å². The van der Waals surface area contributed by atoms with Crippen molar-refractivity contribution in [2.75, 3.05) is 0 Å². The number of nitrogens with zero attached hydrogens (tertiary/aromatic N) is 2. The smallest absolute Gasteiger partial charge is 0.100 e. The molecule has 0 fully saturated rings. The molecule has 0 N–H and O–H groups in total. The van der Waals surface area contributed by atoms with E-state index >= 15 is 0 Å². The molecule has 0 saturated carbocycles. The van der Waals surface area contributed by atoms with E-state index in [0.29, 0.717) is 11.1 Å². The molecule has 2 nitrogen and oxygen atoms in total. The van der Waals surface area contributed by atoms with Gasteiger partial charge in [-0.2, -0.15) is 10.5 Å². The molecular formula is C56H32N2. The first-order chi connectivity index (χ1) is 28.7. The summed E-state index contributed by atoms with van der Waals surface area (Å²) < 4.78 is 0. The molecule has 0 aliphatic heterocycles. The molecule has 0 spiro atoms. The first-order valence-electron chi connectivity index (χ1n) is 19.5. The second-order valence-corrected chi connectivity index (χ2v) is 15.0. The zero-order chi connectivity index (χ0) is 38.7. The molecule has 0 unspecified atom stereocenters. The molecule has 0 atom stereocenters. The SMILES string of the molecule is N#Cc1cc(-c2cccc(-c3ccc4c5ccccc5c5ccccc5c4c3)c2)c(C#N)c(-c2cccc(-c3ccc4c5ccccc5c5ccccc5c4c3)c2)c1. The lowest BCUT2D eigenvalue weighted by molar-refractivity contribution is 1.44. The summed E-state index contributed by atoms with van der Waals surface area (Å²) in [5.74, 6) is 0. The third-order valence-corrected chi connectivity index (χ3v) is 11.9. The summed E-state index contributed by atoms with van der Waals surface area (Å²) in [5.41, 5.74) is 8.58. The van der Waals surface area contributed by atoms with Gasteiger partial charge in [0.15, 0.2) is 0 Å². The highest BCUT2D eigenvalue weighted by Gasteiger charge is 2.17. The van der Waals surface area contributed by atoms with Gasteiger partial charge in [0.05, 0.1) is 17.2 Å². The lowest BCUT2D eigenvalue weighted by atomic mass is 9.87. The van der Waals surface area contributed by atoms with Crippen LogP contribution in [0.1, 0.15) is 11.1 Å². The fourth-order valence-corrected chi connectivity index (χ4v) is 9.19. The van der Waals surface area contributed by atoms with Crippen LogP contribution in [0.15, 0.2) is 194 Å². The Kier molecular flexibility index (Phi) is 7.65. The fraction of sp³-hybridized carbons (Fsp3) is 0. The Morgan fingerprint density at radius 2 is 0.552 bits per heavy atom. The minimum absolute atomic E-state index is 0.507. The van der Waals surface area contributed by atoms with E-state index in [1.54, 1.807) is 0 Å². The summed E-state index contributed by atoms with van der Waals surface area (Å²) in [6.07, 6.45) is 0. The van der Waals surface area contributed by atoms with E-state index in [4.69, 9.17) is 0 Å². The summed E-state index contributed by atoms with van der Waals surface area (Å²) in [5, 5.41) is 35.9. The Balaban J connectivity index is 1.03. The van der Waals surface area contributed by atoms with Crippen molar-refractivity contribution < 1.29 is 0 Å². The predicted molar refractivity (Wildman–Crippen MR) is 243 cm³/mol. The van der Waals surface area contributed by atoms with Gasteiger partial charge in [-0.05, 0) is 134 Å². The van der Waals surface area contributed by atoms with Crippen LogP contribution in [0.25, 0.3) is 109 Å². The van der Waals surface area contributed by atoms with Crippen LogP contribution in [0, 0.1) is 22.7 Å². The maximum Gasteiger partial charge on any atom is 0.100 e. The summed E-state index contributed by atoms with van der Waals surface area (Å²) in [7, 11) is 0. The van der Waals surface area contributed by atoms with Crippen molar-refractivity contribution in [3.63, 3.8) is 0 Å².